The van der Waals surface area contributed by atoms with Gasteiger partial charge in [0.05, 0.1) is 0 Å². The van der Waals surface area contributed by atoms with Gasteiger partial charge in [0.2, 0.25) is 0 Å². The summed E-state index contributed by atoms with van der Waals surface area (Å²) in [6, 6.07) is 5.72. The Kier molecular flexibility index (Phi) is 14.8. The van der Waals surface area contributed by atoms with Crippen LogP contribution >= 0.6 is 0 Å². The molecule has 0 saturated carbocycles. The fraction of sp³-hybridized carbons (Fsp3) is 0.167. The van der Waals surface area contributed by atoms with Crippen LogP contribution in [0.15, 0.2) is 30.6 Å². The zero-order valence-electron chi connectivity index (χ0n) is 5.19. The van der Waals surface area contributed by atoms with Gasteiger partial charge in [-0.25, -0.2) is 0 Å². The van der Waals surface area contributed by atoms with Gasteiger partial charge in [0.25, 0.3) is 0 Å². The van der Waals surface area contributed by atoms with Crippen LogP contribution in [0.1, 0.15) is 0 Å². The molecule has 0 aromatic carbocycles. The molecule has 0 unspecified atom stereocenters. The Morgan fingerprint density at radius 1 is 1.00 bits per heavy atom. The van der Waals surface area contributed by atoms with E-state index in [1.807, 2.05) is 23.9 Å². The van der Waals surface area contributed by atoms with E-state index in [9.17, 15) is 0 Å². The Morgan fingerprint density at radius 3 is 1.56 bits per heavy atom. The average Bonchev–Trinajstić information content (AvgIpc) is 1.96. The van der Waals surface area contributed by atoms with Gasteiger partial charge in [0.15, 0.2) is 0 Å². The summed E-state index contributed by atoms with van der Waals surface area (Å²) >= 11 is 2.31. The molecule has 0 N–H and O–H groups in total. The third-order valence-electron chi connectivity index (χ3n) is 0.566. The van der Waals surface area contributed by atoms with Crippen molar-refractivity contribution in [1.29, 1.82) is 0 Å². The zero-order valence-corrected chi connectivity index (χ0v) is 8.34. The van der Waals surface area contributed by atoms with Gasteiger partial charge in [-0.2, -0.15) is 0 Å². The maximum absolute atomic E-state index is 3.78. The van der Waals surface area contributed by atoms with Crippen molar-refractivity contribution in [3.8, 4) is 0 Å². The van der Waals surface area contributed by atoms with Gasteiger partial charge >= 0.3 is 22.6 Å². The molecule has 1 aromatic rings. The van der Waals surface area contributed by atoms with Gasteiger partial charge in [0, 0.05) is 29.8 Å². The largest absolute Gasteiger partial charge is 0.265 e. The minimum Gasteiger partial charge on any atom is -0.265 e. The molecule has 0 aliphatic carbocycles. The van der Waals surface area contributed by atoms with Crippen molar-refractivity contribution >= 4 is 16.9 Å². The Bertz CT molecular complexity index is 85.0. The quantitative estimate of drug-likeness (QED) is 0.601. The third kappa shape index (κ3) is 8.24. The summed E-state index contributed by atoms with van der Waals surface area (Å²) in [5, 5.41) is 0. The van der Waals surface area contributed by atoms with Gasteiger partial charge in [0.1, 0.15) is 0 Å². The molecule has 48 valence electrons. The molecule has 0 aliphatic rings. The van der Waals surface area contributed by atoms with E-state index >= 15 is 0 Å². The molecular formula is C6H8AsCrN. The van der Waals surface area contributed by atoms with E-state index in [4.69, 9.17) is 0 Å². The van der Waals surface area contributed by atoms with E-state index in [2.05, 4.69) is 21.8 Å². The summed E-state index contributed by atoms with van der Waals surface area (Å²) in [5.74, 6) is 0. The molecule has 1 heterocycles. The molecule has 0 amide bonds. The van der Waals surface area contributed by atoms with Crippen molar-refractivity contribution in [2.24, 2.45) is 0 Å². The van der Waals surface area contributed by atoms with E-state index < -0.39 is 0 Å². The molecule has 1 aromatic heterocycles. The van der Waals surface area contributed by atoms with E-state index in [-0.39, 0.29) is 17.4 Å². The van der Waals surface area contributed by atoms with Crippen molar-refractivity contribution < 1.29 is 17.4 Å². The monoisotopic (exact) mass is 221 g/mol. The van der Waals surface area contributed by atoms with Gasteiger partial charge in [-0.1, -0.05) is 6.07 Å². The molecule has 3 heteroatoms. The van der Waals surface area contributed by atoms with Crippen LogP contribution in [0.5, 0.6) is 0 Å². The van der Waals surface area contributed by atoms with Crippen LogP contribution in [0.25, 0.3) is 0 Å². The predicted molar refractivity (Wildman–Crippen MR) is 35.9 cm³/mol. The smallest absolute Gasteiger partial charge is 0.0267 e. The molecule has 0 fully saturated rings. The minimum atomic E-state index is 0. The van der Waals surface area contributed by atoms with Crippen molar-refractivity contribution in [2.45, 2.75) is 5.71 Å². The number of rotatable bonds is 0. The molecule has 1 nitrogen and oxygen atoms in total. The van der Waals surface area contributed by atoms with Gasteiger partial charge in [-0.05, 0) is 12.1 Å². The molecule has 9 heavy (non-hydrogen) atoms. The van der Waals surface area contributed by atoms with E-state index in [1.54, 1.807) is 12.4 Å². The first kappa shape index (κ1) is 12.0. The van der Waals surface area contributed by atoms with Gasteiger partial charge in [-0.15, -0.1) is 0 Å². The van der Waals surface area contributed by atoms with Crippen LogP contribution in [0.2, 0.25) is 5.71 Å². The third-order valence-corrected chi connectivity index (χ3v) is 0.566. The second kappa shape index (κ2) is 11.1. The summed E-state index contributed by atoms with van der Waals surface area (Å²) in [7, 11) is 0. The summed E-state index contributed by atoms with van der Waals surface area (Å²) in [6.45, 7) is 0. The summed E-state index contributed by atoms with van der Waals surface area (Å²) < 4.78 is 0. The molecule has 0 spiro atoms. The van der Waals surface area contributed by atoms with Crippen LogP contribution in [0, 0.1) is 0 Å². The number of nitrogens with zero attached hydrogens (tertiary/aromatic N) is 1. The standard InChI is InChI=1S/C5H5N.CH3As.Cr/c1-2-4-6-5-3-1;1-2;/h1-5H;1H3;. The van der Waals surface area contributed by atoms with Crippen molar-refractivity contribution in [2.75, 3.05) is 0 Å². The van der Waals surface area contributed by atoms with Crippen LogP contribution < -0.4 is 0 Å². The maximum Gasteiger partial charge on any atom is 0.0267 e. The fourth-order valence-electron chi connectivity index (χ4n) is 0.313. The number of hydrogen-bond donors (Lipinski definition) is 0. The summed E-state index contributed by atoms with van der Waals surface area (Å²) in [4.78, 5) is 3.78. The van der Waals surface area contributed by atoms with E-state index in [0.29, 0.717) is 0 Å². The molecule has 0 aliphatic heterocycles. The second-order valence-corrected chi connectivity index (χ2v) is 1.02. The topological polar surface area (TPSA) is 12.9 Å². The second-order valence-electron chi connectivity index (χ2n) is 1.02. The van der Waals surface area contributed by atoms with E-state index in [1.165, 1.54) is 0 Å². The minimum absolute atomic E-state index is 0. The van der Waals surface area contributed by atoms with Crippen LogP contribution in [0.4, 0.5) is 0 Å². The van der Waals surface area contributed by atoms with Crippen molar-refractivity contribution in [3.05, 3.63) is 30.6 Å². The number of pyridine rings is 1. The first-order valence-corrected chi connectivity index (χ1v) is 4.17. The van der Waals surface area contributed by atoms with E-state index in [0.717, 1.165) is 0 Å². The molecular weight excluding hydrogens is 213 g/mol. The molecule has 1 rings (SSSR count). The Morgan fingerprint density at radius 2 is 1.44 bits per heavy atom. The summed E-state index contributed by atoms with van der Waals surface area (Å²) in [5.41, 5.74) is 1.94. The molecule has 0 bridgehead atoms. The normalized spacial score (nSPS) is 6.00. The Balaban J connectivity index is 0. The fourth-order valence-corrected chi connectivity index (χ4v) is 0.313. The Hall–Kier alpha value is 0.241. The molecule has 0 atom stereocenters. The molecule has 0 saturated heterocycles. The van der Waals surface area contributed by atoms with Gasteiger partial charge < -0.3 is 0 Å². The number of hydrogen-bond acceptors (Lipinski definition) is 1. The summed E-state index contributed by atoms with van der Waals surface area (Å²) in [6.07, 6.45) is 3.50. The zero-order chi connectivity index (χ0) is 6.24. The Labute approximate surface area is 75.5 Å². The SMILES string of the molecule is C[As].[Cr].c1ccncc1. The van der Waals surface area contributed by atoms with Gasteiger partial charge in [-0.3, -0.25) is 4.98 Å². The average molecular weight is 221 g/mol. The van der Waals surface area contributed by atoms with Crippen LogP contribution in [0.3, 0.4) is 0 Å². The van der Waals surface area contributed by atoms with Crippen molar-refractivity contribution in [1.82, 2.24) is 4.98 Å². The predicted octanol–water partition coefficient (Wildman–Crippen LogP) is 1.28. The first-order chi connectivity index (χ1) is 4.00. The maximum atomic E-state index is 3.78. The molecule has 2 radical (unpaired) electrons. The first-order valence-electron chi connectivity index (χ1n) is 2.30. The number of aromatic nitrogens is 1. The van der Waals surface area contributed by atoms with Crippen LogP contribution in [-0.2, 0) is 17.4 Å². The van der Waals surface area contributed by atoms with Crippen molar-refractivity contribution in [3.63, 3.8) is 0 Å². The van der Waals surface area contributed by atoms with Crippen LogP contribution in [-0.4, -0.2) is 21.8 Å².